The number of phenols is 1. The van der Waals surface area contributed by atoms with Gasteiger partial charge in [0.05, 0.1) is 5.71 Å². The lowest BCUT2D eigenvalue weighted by molar-refractivity contribution is 0.0955. The largest absolute Gasteiger partial charge is 0.508 e. The van der Waals surface area contributed by atoms with Crippen molar-refractivity contribution in [2.75, 3.05) is 0 Å². The van der Waals surface area contributed by atoms with Crippen LogP contribution in [0.4, 0.5) is 0 Å². The van der Waals surface area contributed by atoms with Crippen molar-refractivity contribution >= 4 is 11.6 Å². The number of nitrogens with zero attached hydrogens (tertiary/aromatic N) is 1. The summed E-state index contributed by atoms with van der Waals surface area (Å²) >= 11 is 0. The van der Waals surface area contributed by atoms with Gasteiger partial charge in [-0.15, -0.1) is 0 Å². The van der Waals surface area contributed by atoms with E-state index in [1.807, 2.05) is 49.4 Å². The Morgan fingerprint density at radius 1 is 0.846 bits per heavy atom. The number of hydrogen-bond donors (Lipinski definition) is 2. The molecule has 1 amide bonds. The topological polar surface area (TPSA) is 61.7 Å². The Morgan fingerprint density at radius 2 is 1.42 bits per heavy atom. The molecule has 0 atom stereocenters. The van der Waals surface area contributed by atoms with Gasteiger partial charge in [0.1, 0.15) is 5.75 Å². The fraction of sp³-hybridized carbons (Fsp3) is 0.0909. The molecule has 0 unspecified atom stereocenters. The normalized spacial score (nSPS) is 11.2. The monoisotopic (exact) mass is 344 g/mol. The summed E-state index contributed by atoms with van der Waals surface area (Å²) in [6.07, 6.45) is 0.665. The van der Waals surface area contributed by atoms with Crippen molar-refractivity contribution in [3.8, 4) is 16.9 Å². The Labute approximate surface area is 152 Å². The van der Waals surface area contributed by atoms with Crippen LogP contribution in [0.3, 0.4) is 0 Å². The summed E-state index contributed by atoms with van der Waals surface area (Å²) in [5, 5.41) is 13.6. The lowest BCUT2D eigenvalue weighted by Gasteiger charge is -2.06. The van der Waals surface area contributed by atoms with E-state index in [9.17, 15) is 9.90 Å². The zero-order valence-electron chi connectivity index (χ0n) is 14.5. The number of amides is 1. The molecular weight excluding hydrogens is 324 g/mol. The Kier molecular flexibility index (Phi) is 5.44. The lowest BCUT2D eigenvalue weighted by Crippen LogP contribution is -2.19. The molecule has 4 heteroatoms. The Morgan fingerprint density at radius 3 is 2.04 bits per heavy atom. The van der Waals surface area contributed by atoms with Gasteiger partial charge in [-0.05, 0) is 59.5 Å². The molecular formula is C22H20N2O2. The first kappa shape index (κ1) is 17.4. The first-order valence-corrected chi connectivity index (χ1v) is 8.49. The number of hydrogen-bond acceptors (Lipinski definition) is 3. The Bertz CT molecular complexity index is 899. The Hall–Kier alpha value is -3.40. The van der Waals surface area contributed by atoms with Crippen LogP contribution in [-0.2, 0) is 0 Å². The molecule has 0 aliphatic carbocycles. The van der Waals surface area contributed by atoms with Crippen molar-refractivity contribution in [2.24, 2.45) is 5.10 Å². The molecule has 26 heavy (non-hydrogen) atoms. The van der Waals surface area contributed by atoms with E-state index in [0.29, 0.717) is 12.0 Å². The van der Waals surface area contributed by atoms with E-state index in [-0.39, 0.29) is 11.7 Å². The minimum atomic E-state index is -0.255. The van der Waals surface area contributed by atoms with Crippen LogP contribution >= 0.6 is 0 Å². The van der Waals surface area contributed by atoms with Gasteiger partial charge in [-0.3, -0.25) is 4.79 Å². The second kappa shape index (κ2) is 8.12. The van der Waals surface area contributed by atoms with Crippen molar-refractivity contribution in [1.82, 2.24) is 5.43 Å². The number of carbonyl (C=O) groups excluding carboxylic acids is 1. The quantitative estimate of drug-likeness (QED) is 0.525. The highest BCUT2D eigenvalue weighted by Crippen LogP contribution is 2.19. The number of aromatic hydroxyl groups is 1. The number of benzene rings is 3. The molecule has 0 radical (unpaired) electrons. The second-order valence-electron chi connectivity index (χ2n) is 5.84. The van der Waals surface area contributed by atoms with Crippen LogP contribution in [0.25, 0.3) is 11.1 Å². The molecule has 0 aliphatic heterocycles. The van der Waals surface area contributed by atoms with Crippen molar-refractivity contribution in [1.29, 1.82) is 0 Å². The predicted octanol–water partition coefficient (Wildman–Crippen LogP) is 4.60. The van der Waals surface area contributed by atoms with Crippen LogP contribution < -0.4 is 5.43 Å². The fourth-order valence-corrected chi connectivity index (χ4v) is 2.63. The van der Waals surface area contributed by atoms with Crippen LogP contribution in [0.2, 0.25) is 0 Å². The van der Waals surface area contributed by atoms with Gasteiger partial charge in [0.25, 0.3) is 5.91 Å². The number of phenolic OH excluding ortho intramolecular Hbond substituents is 1. The second-order valence-corrected chi connectivity index (χ2v) is 5.84. The van der Waals surface area contributed by atoms with E-state index in [0.717, 1.165) is 22.4 Å². The maximum absolute atomic E-state index is 12.3. The molecule has 2 N–H and O–H groups in total. The van der Waals surface area contributed by atoms with E-state index >= 15 is 0 Å². The molecule has 0 aromatic heterocycles. The summed E-state index contributed by atoms with van der Waals surface area (Å²) in [6, 6.07) is 24.2. The molecule has 3 aromatic carbocycles. The van der Waals surface area contributed by atoms with Crippen LogP contribution in [0.15, 0.2) is 84.0 Å². The first-order chi connectivity index (χ1) is 12.7. The van der Waals surface area contributed by atoms with Gasteiger partial charge in [0.2, 0.25) is 0 Å². The summed E-state index contributed by atoms with van der Waals surface area (Å²) in [4.78, 5) is 12.3. The van der Waals surface area contributed by atoms with Gasteiger partial charge >= 0.3 is 0 Å². The number of carbonyl (C=O) groups is 1. The smallest absolute Gasteiger partial charge is 0.271 e. The van der Waals surface area contributed by atoms with Crippen LogP contribution in [-0.4, -0.2) is 16.7 Å². The molecule has 0 heterocycles. The number of nitrogens with one attached hydrogen (secondary N) is 1. The van der Waals surface area contributed by atoms with Gasteiger partial charge in [-0.1, -0.05) is 49.4 Å². The molecule has 0 spiro atoms. The van der Waals surface area contributed by atoms with Crippen molar-refractivity contribution in [3.05, 3.63) is 90.0 Å². The third-order valence-corrected chi connectivity index (χ3v) is 4.08. The van der Waals surface area contributed by atoms with E-state index in [1.165, 1.54) is 0 Å². The van der Waals surface area contributed by atoms with Gasteiger partial charge in [-0.25, -0.2) is 5.43 Å². The third kappa shape index (κ3) is 4.16. The first-order valence-electron chi connectivity index (χ1n) is 8.49. The molecule has 0 saturated heterocycles. The van der Waals surface area contributed by atoms with Crippen LogP contribution in [0, 0.1) is 0 Å². The summed E-state index contributed by atoms with van der Waals surface area (Å²) in [7, 11) is 0. The van der Waals surface area contributed by atoms with E-state index < -0.39 is 0 Å². The highest BCUT2D eigenvalue weighted by atomic mass is 16.3. The van der Waals surface area contributed by atoms with Gasteiger partial charge in [0.15, 0.2) is 0 Å². The molecule has 0 fully saturated rings. The molecule has 130 valence electrons. The zero-order chi connectivity index (χ0) is 18.4. The van der Waals surface area contributed by atoms with E-state index in [1.54, 1.807) is 36.4 Å². The Balaban J connectivity index is 1.72. The van der Waals surface area contributed by atoms with Crippen LogP contribution in [0.1, 0.15) is 29.3 Å². The number of hydrazone groups is 1. The van der Waals surface area contributed by atoms with Gasteiger partial charge < -0.3 is 5.11 Å². The molecule has 3 rings (SSSR count). The summed E-state index contributed by atoms with van der Waals surface area (Å²) in [5.41, 5.74) is 6.94. The van der Waals surface area contributed by atoms with Crippen LogP contribution in [0.5, 0.6) is 5.75 Å². The zero-order valence-corrected chi connectivity index (χ0v) is 14.5. The van der Waals surface area contributed by atoms with E-state index in [4.69, 9.17) is 0 Å². The molecule has 0 aliphatic rings. The lowest BCUT2D eigenvalue weighted by atomic mass is 10.0. The maximum atomic E-state index is 12.3. The van der Waals surface area contributed by atoms with Gasteiger partial charge in [0, 0.05) is 5.56 Å². The maximum Gasteiger partial charge on any atom is 0.271 e. The summed E-state index contributed by atoms with van der Waals surface area (Å²) in [5.74, 6) is -0.0546. The molecule has 3 aromatic rings. The third-order valence-electron chi connectivity index (χ3n) is 4.08. The van der Waals surface area contributed by atoms with Gasteiger partial charge in [-0.2, -0.15) is 5.10 Å². The fourth-order valence-electron chi connectivity index (χ4n) is 2.63. The minimum absolute atomic E-state index is 0.201. The van der Waals surface area contributed by atoms with Crippen molar-refractivity contribution in [2.45, 2.75) is 13.3 Å². The average molecular weight is 344 g/mol. The highest BCUT2D eigenvalue weighted by molar-refractivity contribution is 6.02. The summed E-state index contributed by atoms with van der Waals surface area (Å²) < 4.78 is 0. The highest BCUT2D eigenvalue weighted by Gasteiger charge is 2.07. The van der Waals surface area contributed by atoms with E-state index in [2.05, 4.69) is 10.5 Å². The molecule has 4 nitrogen and oxygen atoms in total. The van der Waals surface area contributed by atoms with Crippen molar-refractivity contribution < 1.29 is 9.90 Å². The number of rotatable bonds is 5. The molecule has 0 bridgehead atoms. The standard InChI is InChI=1S/C22H20N2O2/c1-2-21(18-12-14-20(25)15-13-18)23-24-22(26)19-10-8-17(9-11-19)16-6-4-3-5-7-16/h3-15,25H,2H2,1H3,(H,24,26)/b23-21+. The summed E-state index contributed by atoms with van der Waals surface area (Å²) in [6.45, 7) is 1.96. The average Bonchev–Trinajstić information content (AvgIpc) is 2.70. The molecule has 0 saturated carbocycles. The predicted molar refractivity (Wildman–Crippen MR) is 104 cm³/mol. The SMILES string of the molecule is CC/C(=N\NC(=O)c1ccc(-c2ccccc2)cc1)c1ccc(O)cc1. The van der Waals surface area contributed by atoms with Crippen molar-refractivity contribution in [3.63, 3.8) is 0 Å². The minimum Gasteiger partial charge on any atom is -0.508 e.